The fraction of sp³-hybridized carbons (Fsp3) is 0.200. The second-order valence-electron chi connectivity index (χ2n) is 22.5. The minimum Gasteiger partial charge on any atom is -0.454 e. The van der Waals surface area contributed by atoms with Gasteiger partial charge in [0.15, 0.2) is 5.58 Å². The SMILES string of the molecule is CC(C)c1cc(N(c2ccc([Si](C)(C)C)cc2)c2cccc3c2Cc2ccccc2-3)c2ccc3c(C(C)C)cc(N(c4ccc([Si](C)(C)C)cc4)c4cccc5c4oc4ccccc45)c4ccc1c2c34. The Hall–Kier alpha value is -6.93. The zero-order chi connectivity index (χ0) is 48.4. The lowest BCUT2D eigenvalue weighted by atomic mass is 9.84. The molecule has 1 heterocycles. The molecule has 0 saturated heterocycles. The van der Waals surface area contributed by atoms with Crippen LogP contribution in [0.1, 0.15) is 61.8 Å². The Morgan fingerprint density at radius 1 is 0.414 bits per heavy atom. The zero-order valence-corrected chi connectivity index (χ0v) is 44.3. The van der Waals surface area contributed by atoms with E-state index in [1.165, 1.54) is 93.1 Å². The molecule has 1 aliphatic carbocycles. The summed E-state index contributed by atoms with van der Waals surface area (Å²) in [6.07, 6.45) is 0.905. The highest BCUT2D eigenvalue weighted by molar-refractivity contribution is 6.89. The minimum absolute atomic E-state index is 0.264. The molecule has 0 aliphatic heterocycles. The maximum atomic E-state index is 6.90. The number of benzene rings is 10. The summed E-state index contributed by atoms with van der Waals surface area (Å²) in [7, 11) is -3.14. The molecule has 0 spiro atoms. The van der Waals surface area contributed by atoms with Gasteiger partial charge in [-0.3, -0.25) is 0 Å². The van der Waals surface area contributed by atoms with Gasteiger partial charge in [0.05, 0.1) is 38.9 Å². The number of anilines is 6. The molecule has 3 nitrogen and oxygen atoms in total. The molecule has 346 valence electrons. The summed E-state index contributed by atoms with van der Waals surface area (Å²) in [5.74, 6) is 0.543. The van der Waals surface area contributed by atoms with Crippen LogP contribution in [0, 0.1) is 0 Å². The van der Waals surface area contributed by atoms with Crippen LogP contribution in [0.4, 0.5) is 34.1 Å². The first-order chi connectivity index (χ1) is 33.7. The Kier molecular flexibility index (Phi) is 10.3. The second-order valence-corrected chi connectivity index (χ2v) is 32.7. The van der Waals surface area contributed by atoms with Crippen molar-refractivity contribution in [2.45, 2.75) is 85.2 Å². The molecule has 0 fully saturated rings. The van der Waals surface area contributed by atoms with Crippen LogP contribution >= 0.6 is 0 Å². The smallest absolute Gasteiger partial charge is 0.159 e. The van der Waals surface area contributed by atoms with Crippen molar-refractivity contribution < 1.29 is 4.42 Å². The van der Waals surface area contributed by atoms with E-state index in [1.807, 2.05) is 0 Å². The number of para-hydroxylation sites is 2. The zero-order valence-electron chi connectivity index (χ0n) is 42.3. The lowest BCUT2D eigenvalue weighted by Crippen LogP contribution is -2.37. The molecule has 0 radical (unpaired) electrons. The predicted molar refractivity (Wildman–Crippen MR) is 309 cm³/mol. The van der Waals surface area contributed by atoms with Crippen LogP contribution in [-0.2, 0) is 6.42 Å². The van der Waals surface area contributed by atoms with E-state index < -0.39 is 16.1 Å². The van der Waals surface area contributed by atoms with Crippen LogP contribution in [0.15, 0.2) is 174 Å². The Labute approximate surface area is 415 Å². The molecule has 0 bridgehead atoms. The third-order valence-corrected chi connectivity index (χ3v) is 19.5. The highest BCUT2D eigenvalue weighted by atomic mass is 28.3. The van der Waals surface area contributed by atoms with Crippen LogP contribution in [0.5, 0.6) is 0 Å². The molecule has 0 saturated carbocycles. The van der Waals surface area contributed by atoms with E-state index >= 15 is 0 Å². The molecular formula is C65H62N2OSi2. The van der Waals surface area contributed by atoms with E-state index in [-0.39, 0.29) is 11.8 Å². The molecule has 1 aromatic heterocycles. The summed E-state index contributed by atoms with van der Waals surface area (Å²) in [6.45, 7) is 24.1. The van der Waals surface area contributed by atoms with Crippen molar-refractivity contribution >= 4 is 115 Å². The molecule has 11 aromatic rings. The van der Waals surface area contributed by atoms with Crippen LogP contribution in [-0.4, -0.2) is 16.1 Å². The Bertz CT molecular complexity index is 3830. The maximum absolute atomic E-state index is 6.90. The van der Waals surface area contributed by atoms with Gasteiger partial charge in [0.25, 0.3) is 0 Å². The number of rotatable bonds is 10. The van der Waals surface area contributed by atoms with Gasteiger partial charge in [-0.05, 0) is 121 Å². The second kappa shape index (κ2) is 16.3. The average molecular weight is 943 g/mol. The summed E-state index contributed by atoms with van der Waals surface area (Å²) in [5.41, 5.74) is 16.9. The first-order valence-electron chi connectivity index (χ1n) is 25.4. The van der Waals surface area contributed by atoms with Crippen molar-refractivity contribution in [3.63, 3.8) is 0 Å². The molecule has 10 aromatic carbocycles. The van der Waals surface area contributed by atoms with Crippen LogP contribution in [0.25, 0.3) is 65.4 Å². The van der Waals surface area contributed by atoms with Gasteiger partial charge < -0.3 is 14.2 Å². The van der Waals surface area contributed by atoms with Gasteiger partial charge in [0.1, 0.15) is 5.58 Å². The third kappa shape index (κ3) is 7.03. The predicted octanol–water partition coefficient (Wildman–Crippen LogP) is 18.3. The maximum Gasteiger partial charge on any atom is 0.159 e. The van der Waals surface area contributed by atoms with E-state index in [1.54, 1.807) is 0 Å². The molecule has 70 heavy (non-hydrogen) atoms. The third-order valence-electron chi connectivity index (χ3n) is 15.3. The molecule has 0 unspecified atom stereocenters. The number of hydrogen-bond acceptors (Lipinski definition) is 3. The van der Waals surface area contributed by atoms with Gasteiger partial charge in [0, 0.05) is 39.3 Å². The molecular weight excluding hydrogens is 881 g/mol. The molecule has 0 N–H and O–H groups in total. The van der Waals surface area contributed by atoms with Crippen LogP contribution in [0.2, 0.25) is 39.3 Å². The minimum atomic E-state index is -1.58. The van der Waals surface area contributed by atoms with Crippen LogP contribution in [0.3, 0.4) is 0 Å². The monoisotopic (exact) mass is 942 g/mol. The molecule has 0 amide bonds. The number of nitrogens with zero attached hydrogens (tertiary/aromatic N) is 2. The van der Waals surface area contributed by atoms with E-state index in [9.17, 15) is 0 Å². The number of furan rings is 1. The molecule has 12 rings (SSSR count). The van der Waals surface area contributed by atoms with Crippen molar-refractivity contribution in [2.24, 2.45) is 0 Å². The fourth-order valence-corrected chi connectivity index (χ4v) is 14.0. The highest BCUT2D eigenvalue weighted by Gasteiger charge is 2.30. The Morgan fingerprint density at radius 3 is 1.46 bits per heavy atom. The van der Waals surface area contributed by atoms with Gasteiger partial charge in [-0.1, -0.05) is 193 Å². The largest absolute Gasteiger partial charge is 0.454 e. The quantitative estimate of drug-likeness (QED) is 0.101. The number of fused-ring (bicyclic) bond motifs is 6. The summed E-state index contributed by atoms with van der Waals surface area (Å²) < 4.78 is 6.90. The lowest BCUT2D eigenvalue weighted by Gasteiger charge is -2.32. The van der Waals surface area contributed by atoms with E-state index in [4.69, 9.17) is 4.42 Å². The van der Waals surface area contributed by atoms with Crippen LogP contribution < -0.4 is 20.2 Å². The molecule has 1 aliphatic rings. The standard InChI is InChI=1S/C65H62N2OSi2/c1-40(2)55-38-60(66(43-25-29-45(30-26-43)69(5,6)7)58-22-15-20-48-47-18-12-11-17-42(47)37-57(48)58)53-35-33-51-56(41(3)4)39-61(54-36-34-50(55)63(53)64(51)54)67(44-27-31-46(32-28-44)70(8,9)10)59-23-16-21-52-49-19-13-14-24-62(49)68-65(52)59/h11-36,38-41H,37H2,1-10H3. The Balaban J connectivity index is 1.18. The van der Waals surface area contributed by atoms with Crippen molar-refractivity contribution in [2.75, 3.05) is 9.80 Å². The summed E-state index contributed by atoms with van der Waals surface area (Å²) in [6, 6.07) is 64.8. The van der Waals surface area contributed by atoms with E-state index in [0.717, 1.165) is 45.4 Å². The lowest BCUT2D eigenvalue weighted by molar-refractivity contribution is 0.669. The van der Waals surface area contributed by atoms with Crippen molar-refractivity contribution in [1.82, 2.24) is 0 Å². The fourth-order valence-electron chi connectivity index (χ4n) is 11.6. The van der Waals surface area contributed by atoms with Gasteiger partial charge in [-0.25, -0.2) is 0 Å². The summed E-state index contributed by atoms with van der Waals surface area (Å²) >= 11 is 0. The number of hydrogen-bond donors (Lipinski definition) is 0. The van der Waals surface area contributed by atoms with Gasteiger partial charge >= 0.3 is 0 Å². The molecule has 0 atom stereocenters. The van der Waals surface area contributed by atoms with E-state index in [0.29, 0.717) is 0 Å². The van der Waals surface area contributed by atoms with Crippen molar-refractivity contribution in [3.05, 3.63) is 192 Å². The topological polar surface area (TPSA) is 19.6 Å². The van der Waals surface area contributed by atoms with Crippen molar-refractivity contribution in [3.8, 4) is 11.1 Å². The van der Waals surface area contributed by atoms with Crippen molar-refractivity contribution in [1.29, 1.82) is 0 Å². The normalized spacial score (nSPS) is 12.9. The van der Waals surface area contributed by atoms with Gasteiger partial charge in [-0.15, -0.1) is 0 Å². The summed E-state index contributed by atoms with van der Waals surface area (Å²) in [4.78, 5) is 5.10. The summed E-state index contributed by atoms with van der Waals surface area (Å²) in [5, 5.41) is 12.9. The molecule has 5 heteroatoms. The first-order valence-corrected chi connectivity index (χ1v) is 32.4. The first kappa shape index (κ1) is 44.3. The van der Waals surface area contributed by atoms with E-state index in [2.05, 4.69) is 247 Å². The van der Waals surface area contributed by atoms with Gasteiger partial charge in [0.2, 0.25) is 0 Å². The highest BCUT2D eigenvalue weighted by Crippen LogP contribution is 2.53. The van der Waals surface area contributed by atoms with Gasteiger partial charge in [-0.2, -0.15) is 0 Å². The average Bonchev–Trinajstić information content (AvgIpc) is 3.93. The Morgan fingerprint density at radius 2 is 0.886 bits per heavy atom.